The maximum absolute atomic E-state index is 11.4. The lowest BCUT2D eigenvalue weighted by Crippen LogP contribution is -2.41. The number of methoxy groups -OCH3 is 1. The maximum Gasteiger partial charge on any atom is 0.234 e. The van der Waals surface area contributed by atoms with E-state index in [9.17, 15) is 9.59 Å². The van der Waals surface area contributed by atoms with Gasteiger partial charge in [0, 0.05) is 19.7 Å². The van der Waals surface area contributed by atoms with Crippen molar-refractivity contribution in [2.24, 2.45) is 0 Å². The van der Waals surface area contributed by atoms with Gasteiger partial charge in [0.1, 0.15) is 0 Å². The molecule has 6 nitrogen and oxygen atoms in total. The van der Waals surface area contributed by atoms with E-state index < -0.39 is 0 Å². The average Bonchev–Trinajstić information content (AvgIpc) is 3.01. The molecule has 6 heteroatoms. The first-order chi connectivity index (χ1) is 8.11. The third-order valence-electron chi connectivity index (χ3n) is 2.40. The lowest BCUT2D eigenvalue weighted by Gasteiger charge is -2.15. The Hall–Kier alpha value is -1.14. The van der Waals surface area contributed by atoms with Crippen LogP contribution in [0.2, 0.25) is 0 Å². The zero-order valence-corrected chi connectivity index (χ0v) is 10.5. The van der Waals surface area contributed by atoms with E-state index >= 15 is 0 Å². The van der Waals surface area contributed by atoms with Gasteiger partial charge in [0.25, 0.3) is 0 Å². The number of hydrogen-bond donors (Lipinski definition) is 2. The first-order valence-corrected chi connectivity index (χ1v) is 5.85. The molecule has 0 unspecified atom stereocenters. The van der Waals surface area contributed by atoms with Crippen molar-refractivity contribution in [1.29, 1.82) is 0 Å². The molecule has 1 rings (SSSR count). The molecule has 0 aromatic rings. The molecule has 0 aromatic heterocycles. The number of amides is 2. The molecule has 17 heavy (non-hydrogen) atoms. The third kappa shape index (κ3) is 6.91. The molecule has 0 aliphatic heterocycles. The fourth-order valence-electron chi connectivity index (χ4n) is 1.40. The summed E-state index contributed by atoms with van der Waals surface area (Å²) in [7, 11) is 3.34. The number of carbonyl (C=O) groups is 2. The van der Waals surface area contributed by atoms with Crippen LogP contribution in [-0.4, -0.2) is 63.2 Å². The maximum atomic E-state index is 11.4. The molecule has 0 atom stereocenters. The van der Waals surface area contributed by atoms with Gasteiger partial charge in [-0.1, -0.05) is 0 Å². The molecule has 1 aliphatic rings. The van der Waals surface area contributed by atoms with Crippen LogP contribution in [0.15, 0.2) is 0 Å². The Balaban J connectivity index is 2.07. The Morgan fingerprint density at radius 3 is 2.53 bits per heavy atom. The van der Waals surface area contributed by atoms with Crippen molar-refractivity contribution < 1.29 is 14.3 Å². The Morgan fingerprint density at radius 2 is 1.94 bits per heavy atom. The standard InChI is InChI=1S/C11H21N3O3/c1-14(7-10(15)12-5-6-17-2)8-11(16)13-9-3-4-9/h9H,3-8H2,1-2H3,(H,12,15)(H,13,16). The van der Waals surface area contributed by atoms with Crippen LogP contribution in [0.4, 0.5) is 0 Å². The molecule has 1 aliphatic carbocycles. The van der Waals surface area contributed by atoms with Gasteiger partial charge in [-0.25, -0.2) is 0 Å². The molecule has 0 radical (unpaired) electrons. The van der Waals surface area contributed by atoms with E-state index in [2.05, 4.69) is 10.6 Å². The fraction of sp³-hybridized carbons (Fsp3) is 0.818. The van der Waals surface area contributed by atoms with Crippen LogP contribution < -0.4 is 10.6 Å². The van der Waals surface area contributed by atoms with Crippen LogP contribution in [0.3, 0.4) is 0 Å². The van der Waals surface area contributed by atoms with Gasteiger partial charge in [-0.05, 0) is 19.9 Å². The van der Waals surface area contributed by atoms with E-state index in [1.165, 1.54) is 0 Å². The zero-order chi connectivity index (χ0) is 12.7. The molecule has 0 bridgehead atoms. The van der Waals surface area contributed by atoms with Crippen molar-refractivity contribution in [3.63, 3.8) is 0 Å². The van der Waals surface area contributed by atoms with E-state index in [4.69, 9.17) is 4.74 Å². The second-order valence-electron chi connectivity index (χ2n) is 4.36. The number of nitrogens with zero attached hydrogens (tertiary/aromatic N) is 1. The Morgan fingerprint density at radius 1 is 1.29 bits per heavy atom. The summed E-state index contributed by atoms with van der Waals surface area (Å²) in [5.41, 5.74) is 0. The van der Waals surface area contributed by atoms with Gasteiger partial charge in [-0.2, -0.15) is 0 Å². The number of nitrogens with one attached hydrogen (secondary N) is 2. The van der Waals surface area contributed by atoms with Crippen LogP contribution in [0.25, 0.3) is 0 Å². The van der Waals surface area contributed by atoms with Crippen molar-refractivity contribution >= 4 is 11.8 Å². The van der Waals surface area contributed by atoms with Gasteiger partial charge in [-0.15, -0.1) is 0 Å². The van der Waals surface area contributed by atoms with E-state index in [0.717, 1.165) is 12.8 Å². The highest BCUT2D eigenvalue weighted by Gasteiger charge is 2.23. The topological polar surface area (TPSA) is 70.7 Å². The van der Waals surface area contributed by atoms with Crippen LogP contribution >= 0.6 is 0 Å². The molecule has 0 saturated heterocycles. The van der Waals surface area contributed by atoms with Crippen molar-refractivity contribution in [3.8, 4) is 0 Å². The van der Waals surface area contributed by atoms with E-state index in [-0.39, 0.29) is 24.9 Å². The Labute approximate surface area is 102 Å². The first-order valence-electron chi connectivity index (χ1n) is 5.85. The van der Waals surface area contributed by atoms with Crippen molar-refractivity contribution in [1.82, 2.24) is 15.5 Å². The Kier molecular flexibility index (Phi) is 5.93. The van der Waals surface area contributed by atoms with Crippen molar-refractivity contribution in [2.75, 3.05) is 40.4 Å². The lowest BCUT2D eigenvalue weighted by molar-refractivity contribution is -0.124. The highest BCUT2D eigenvalue weighted by Crippen LogP contribution is 2.18. The van der Waals surface area contributed by atoms with Gasteiger partial charge in [0.15, 0.2) is 0 Å². The molecule has 0 aromatic carbocycles. The van der Waals surface area contributed by atoms with Crippen LogP contribution in [0.1, 0.15) is 12.8 Å². The largest absolute Gasteiger partial charge is 0.383 e. The zero-order valence-electron chi connectivity index (χ0n) is 10.5. The quantitative estimate of drug-likeness (QED) is 0.534. The predicted octanol–water partition coefficient (Wildman–Crippen LogP) is -1.04. The molecule has 0 heterocycles. The number of ether oxygens (including phenoxy) is 1. The minimum Gasteiger partial charge on any atom is -0.383 e. The molecular formula is C11H21N3O3. The van der Waals surface area contributed by atoms with Gasteiger partial charge in [-0.3, -0.25) is 14.5 Å². The molecule has 2 amide bonds. The smallest absolute Gasteiger partial charge is 0.234 e. The summed E-state index contributed by atoms with van der Waals surface area (Å²) in [6.45, 7) is 1.48. The summed E-state index contributed by atoms with van der Waals surface area (Å²) >= 11 is 0. The fourth-order valence-corrected chi connectivity index (χ4v) is 1.40. The number of hydrogen-bond acceptors (Lipinski definition) is 4. The lowest BCUT2D eigenvalue weighted by atomic mass is 10.4. The van der Waals surface area contributed by atoms with Crippen LogP contribution in [-0.2, 0) is 14.3 Å². The number of carbonyl (C=O) groups excluding carboxylic acids is 2. The molecule has 1 saturated carbocycles. The summed E-state index contributed by atoms with van der Waals surface area (Å²) in [4.78, 5) is 24.5. The SMILES string of the molecule is COCCNC(=O)CN(C)CC(=O)NC1CC1. The van der Waals surface area contributed by atoms with Gasteiger partial charge in [0.05, 0.1) is 19.7 Å². The minimum atomic E-state index is -0.0937. The summed E-state index contributed by atoms with van der Waals surface area (Å²) in [6.07, 6.45) is 2.15. The summed E-state index contributed by atoms with van der Waals surface area (Å²) in [5.74, 6) is -0.108. The number of rotatable bonds is 8. The van der Waals surface area contributed by atoms with Crippen molar-refractivity contribution in [2.45, 2.75) is 18.9 Å². The highest BCUT2D eigenvalue weighted by atomic mass is 16.5. The Bertz CT molecular complexity index is 267. The van der Waals surface area contributed by atoms with Crippen molar-refractivity contribution in [3.05, 3.63) is 0 Å². The monoisotopic (exact) mass is 243 g/mol. The molecule has 98 valence electrons. The third-order valence-corrected chi connectivity index (χ3v) is 2.40. The summed E-state index contributed by atoms with van der Waals surface area (Å²) < 4.78 is 4.82. The average molecular weight is 243 g/mol. The molecule has 1 fully saturated rings. The normalized spacial score (nSPS) is 14.8. The first kappa shape index (κ1) is 13.9. The van der Waals surface area contributed by atoms with Gasteiger partial charge < -0.3 is 15.4 Å². The minimum absolute atomic E-state index is 0.0142. The summed E-state index contributed by atoms with van der Waals surface area (Å²) in [6, 6.07) is 0.367. The van der Waals surface area contributed by atoms with Crippen LogP contribution in [0.5, 0.6) is 0 Å². The predicted molar refractivity (Wildman–Crippen MR) is 63.5 cm³/mol. The van der Waals surface area contributed by atoms with E-state index in [1.54, 1.807) is 19.1 Å². The highest BCUT2D eigenvalue weighted by molar-refractivity contribution is 5.81. The van der Waals surface area contributed by atoms with Crippen LogP contribution in [0, 0.1) is 0 Å². The van der Waals surface area contributed by atoms with E-state index in [1.807, 2.05) is 0 Å². The second kappa shape index (κ2) is 7.24. The summed E-state index contributed by atoms with van der Waals surface area (Å²) in [5, 5.41) is 5.58. The molecule has 2 N–H and O–H groups in total. The number of likely N-dealkylation sites (N-methyl/N-ethyl adjacent to an activating group) is 1. The molecule has 0 spiro atoms. The van der Waals surface area contributed by atoms with Gasteiger partial charge in [0.2, 0.25) is 11.8 Å². The second-order valence-corrected chi connectivity index (χ2v) is 4.36. The van der Waals surface area contributed by atoms with E-state index in [0.29, 0.717) is 19.2 Å². The molecular weight excluding hydrogens is 222 g/mol. The van der Waals surface area contributed by atoms with Gasteiger partial charge >= 0.3 is 0 Å².